The molecule has 2 aliphatic rings. The van der Waals surface area contributed by atoms with E-state index in [0.29, 0.717) is 12.3 Å². The number of para-hydroxylation sites is 3. The van der Waals surface area contributed by atoms with E-state index in [1.54, 1.807) is 0 Å². The van der Waals surface area contributed by atoms with Crippen LogP contribution in [0.1, 0.15) is 11.1 Å². The zero-order chi connectivity index (χ0) is 31.3. The van der Waals surface area contributed by atoms with Crippen LogP contribution in [0.2, 0.25) is 0 Å². The highest BCUT2D eigenvalue weighted by Crippen LogP contribution is 2.56. The number of hydrogen-bond donors (Lipinski definition) is 0. The topological polar surface area (TPSA) is 57.5 Å². The van der Waals surface area contributed by atoms with Crippen LogP contribution >= 0.6 is 11.8 Å². The Morgan fingerprint density at radius 2 is 1.33 bits per heavy atom. The molecule has 1 fully saturated rings. The highest BCUT2D eigenvalue weighted by atomic mass is 32.2. The van der Waals surface area contributed by atoms with Gasteiger partial charge in [0.25, 0.3) is 0 Å². The molecule has 1 saturated heterocycles. The molecular weight excluding hydrogens is 589 g/mol. The molecule has 0 N–H and O–H groups in total. The average molecular weight is 621 g/mol. The number of hydrogen-bond acceptors (Lipinski definition) is 7. The number of esters is 1. The summed E-state index contributed by atoms with van der Waals surface area (Å²) in [5.74, 6) is -0.453. The zero-order valence-corrected chi connectivity index (χ0v) is 26.1. The first-order chi connectivity index (χ1) is 22.7. The number of amidine groups is 1. The molecule has 0 unspecified atom stereocenters. The van der Waals surface area contributed by atoms with Crippen molar-refractivity contribution >= 4 is 45.7 Å². The van der Waals surface area contributed by atoms with Crippen molar-refractivity contribution in [1.82, 2.24) is 0 Å². The number of carbonyl (C=O) groups excluding carboxylic acids is 1. The smallest absolute Gasteiger partial charge is 0.318 e. The Kier molecular flexibility index (Phi) is 8.23. The summed E-state index contributed by atoms with van der Waals surface area (Å²) >= 11 is 1.52. The molecule has 0 radical (unpaired) electrons. The van der Waals surface area contributed by atoms with Crippen LogP contribution in [0.3, 0.4) is 0 Å². The number of allylic oxidation sites excluding steroid dienone is 1. The Morgan fingerprint density at radius 3 is 1.93 bits per heavy atom. The van der Waals surface area contributed by atoms with Crippen molar-refractivity contribution in [3.63, 3.8) is 0 Å². The third kappa shape index (κ3) is 5.29. The fourth-order valence-corrected chi connectivity index (χ4v) is 7.45. The predicted octanol–water partition coefficient (Wildman–Crippen LogP) is 8.46. The predicted molar refractivity (Wildman–Crippen MR) is 188 cm³/mol. The second-order valence-electron chi connectivity index (χ2n) is 10.9. The SMILES string of the molecule is COC(=O)[C@@H]1C(=CCc2ccccc2)SC(=Nc2ccccc2)[C@@]12N(c1ccccc1)N=C(c1ccccc1)N2c1ccccc1. The average Bonchev–Trinajstić information content (AvgIpc) is 3.64. The van der Waals surface area contributed by atoms with Gasteiger partial charge in [-0.2, -0.15) is 5.10 Å². The van der Waals surface area contributed by atoms with Gasteiger partial charge in [0.15, 0.2) is 5.84 Å². The summed E-state index contributed by atoms with van der Waals surface area (Å²) < 4.78 is 5.66. The standard InChI is InChI=1S/C39H32N4O2S/c1-45-37(44)35-34(28-27-29-17-7-2-8-18-29)46-38(40-31-21-11-4-12-22-31)39(35)42(32-23-13-5-14-24-32)36(30-19-9-3-10-20-30)41-43(39)33-25-15-6-16-26-33/h2-26,28,35H,27H2,1H3/t35-,39-/m0/s1. The van der Waals surface area contributed by atoms with Gasteiger partial charge in [0.1, 0.15) is 11.0 Å². The number of methoxy groups -OCH3 is 1. The van der Waals surface area contributed by atoms with Crippen molar-refractivity contribution < 1.29 is 9.53 Å². The van der Waals surface area contributed by atoms with Gasteiger partial charge < -0.3 is 4.74 Å². The molecule has 0 aliphatic carbocycles. The van der Waals surface area contributed by atoms with Crippen molar-refractivity contribution in [1.29, 1.82) is 0 Å². The lowest BCUT2D eigenvalue weighted by Crippen LogP contribution is -2.65. The molecule has 226 valence electrons. The van der Waals surface area contributed by atoms with Gasteiger partial charge in [-0.3, -0.25) is 9.69 Å². The molecule has 5 aromatic rings. The number of thioether (sulfide) groups is 1. The van der Waals surface area contributed by atoms with E-state index < -0.39 is 11.6 Å². The van der Waals surface area contributed by atoms with Gasteiger partial charge in [-0.1, -0.05) is 133 Å². The van der Waals surface area contributed by atoms with Gasteiger partial charge in [0.2, 0.25) is 5.66 Å². The number of carbonyl (C=O) groups is 1. The number of benzene rings is 5. The Morgan fingerprint density at radius 1 is 0.783 bits per heavy atom. The van der Waals surface area contributed by atoms with E-state index in [9.17, 15) is 4.79 Å². The molecule has 2 aliphatic heterocycles. The number of ether oxygens (including phenoxy) is 1. The molecule has 46 heavy (non-hydrogen) atoms. The number of anilines is 2. The molecular formula is C39H32N4O2S. The van der Waals surface area contributed by atoms with Crippen LogP contribution in [-0.2, 0) is 16.0 Å². The van der Waals surface area contributed by atoms with E-state index in [1.807, 2.05) is 132 Å². The molecule has 7 heteroatoms. The summed E-state index contributed by atoms with van der Waals surface area (Å²) in [6, 6.07) is 50.3. The van der Waals surface area contributed by atoms with Gasteiger partial charge in [-0.25, -0.2) is 10.0 Å². The van der Waals surface area contributed by atoms with Gasteiger partial charge in [-0.05, 0) is 48.4 Å². The highest BCUT2D eigenvalue weighted by Gasteiger charge is 2.67. The van der Waals surface area contributed by atoms with Crippen LogP contribution in [0.15, 0.2) is 173 Å². The van der Waals surface area contributed by atoms with Crippen LogP contribution < -0.4 is 9.91 Å². The summed E-state index contributed by atoms with van der Waals surface area (Å²) in [6.07, 6.45) is 2.79. The van der Waals surface area contributed by atoms with Crippen molar-refractivity contribution in [2.75, 3.05) is 17.0 Å². The first-order valence-corrected chi connectivity index (χ1v) is 16.0. The van der Waals surface area contributed by atoms with Crippen LogP contribution in [0.25, 0.3) is 0 Å². The summed E-state index contributed by atoms with van der Waals surface area (Å²) in [5, 5.41) is 8.07. The van der Waals surface area contributed by atoms with Crippen LogP contribution in [0.4, 0.5) is 17.1 Å². The maximum Gasteiger partial charge on any atom is 0.318 e. The molecule has 0 aromatic heterocycles. The van der Waals surface area contributed by atoms with Gasteiger partial charge >= 0.3 is 5.97 Å². The Hall–Kier alpha value is -5.40. The first-order valence-electron chi connectivity index (χ1n) is 15.2. The van der Waals surface area contributed by atoms with E-state index in [1.165, 1.54) is 18.9 Å². The minimum absolute atomic E-state index is 0.364. The lowest BCUT2D eigenvalue weighted by Gasteiger charge is -2.44. The van der Waals surface area contributed by atoms with E-state index in [4.69, 9.17) is 14.8 Å². The summed E-state index contributed by atoms with van der Waals surface area (Å²) in [6.45, 7) is 0. The number of rotatable bonds is 7. The largest absolute Gasteiger partial charge is 0.468 e. The molecule has 7 rings (SSSR count). The maximum atomic E-state index is 14.4. The zero-order valence-electron chi connectivity index (χ0n) is 25.3. The van der Waals surface area contributed by atoms with Crippen molar-refractivity contribution in [3.8, 4) is 0 Å². The van der Waals surface area contributed by atoms with Gasteiger partial charge in [-0.15, -0.1) is 0 Å². The summed E-state index contributed by atoms with van der Waals surface area (Å²) in [4.78, 5) is 22.7. The minimum Gasteiger partial charge on any atom is -0.468 e. The molecule has 2 heterocycles. The van der Waals surface area contributed by atoms with Crippen molar-refractivity contribution in [3.05, 3.63) is 174 Å². The lowest BCUT2D eigenvalue weighted by molar-refractivity contribution is -0.144. The molecule has 6 nitrogen and oxygen atoms in total. The molecule has 0 saturated carbocycles. The fraction of sp³-hybridized carbons (Fsp3) is 0.103. The fourth-order valence-electron chi connectivity index (χ4n) is 6.09. The molecule has 0 bridgehead atoms. The van der Waals surface area contributed by atoms with Crippen LogP contribution in [0.5, 0.6) is 0 Å². The van der Waals surface area contributed by atoms with Crippen LogP contribution in [0, 0.1) is 5.92 Å². The minimum atomic E-state index is -1.23. The third-order valence-corrected chi connectivity index (χ3v) is 9.36. The van der Waals surface area contributed by atoms with Gasteiger partial charge in [0.05, 0.1) is 18.5 Å². The van der Waals surface area contributed by atoms with E-state index in [2.05, 4.69) is 35.2 Å². The Bertz CT molecular complexity index is 1900. The highest BCUT2D eigenvalue weighted by molar-refractivity contribution is 8.18. The van der Waals surface area contributed by atoms with Gasteiger partial charge in [0, 0.05) is 16.2 Å². The third-order valence-electron chi connectivity index (χ3n) is 8.14. The second-order valence-corrected chi connectivity index (χ2v) is 12.0. The molecule has 1 spiro atoms. The lowest BCUT2D eigenvalue weighted by atomic mass is 9.88. The first kappa shape index (κ1) is 29.3. The molecule has 2 atom stereocenters. The second kappa shape index (κ2) is 12.9. The van der Waals surface area contributed by atoms with Crippen molar-refractivity contribution in [2.24, 2.45) is 16.0 Å². The molecule has 5 aromatic carbocycles. The van der Waals surface area contributed by atoms with Crippen molar-refractivity contribution in [2.45, 2.75) is 12.1 Å². The van der Waals surface area contributed by atoms with E-state index in [0.717, 1.165) is 38.1 Å². The quantitative estimate of drug-likeness (QED) is 0.171. The summed E-state index contributed by atoms with van der Waals surface area (Å²) in [7, 11) is 1.45. The maximum absolute atomic E-state index is 14.4. The summed E-state index contributed by atoms with van der Waals surface area (Å²) in [5.41, 5.74) is 3.32. The Labute approximate surface area is 273 Å². The number of hydrazone groups is 1. The molecule has 0 amide bonds. The van der Waals surface area contributed by atoms with Crippen LogP contribution in [-0.4, -0.2) is 29.6 Å². The normalized spacial score (nSPS) is 20.8. The number of nitrogens with zero attached hydrogens (tertiary/aromatic N) is 4. The van der Waals surface area contributed by atoms with E-state index in [-0.39, 0.29) is 5.97 Å². The Balaban J connectivity index is 1.55. The monoisotopic (exact) mass is 620 g/mol. The number of aliphatic imine (C=N–C) groups is 1. The van der Waals surface area contributed by atoms with E-state index >= 15 is 0 Å².